The van der Waals surface area contributed by atoms with Gasteiger partial charge in [-0.1, -0.05) is 0 Å². The summed E-state index contributed by atoms with van der Waals surface area (Å²) in [6.07, 6.45) is -0.468. The Labute approximate surface area is 240 Å². The number of esters is 1. The number of hydrogen-bond donors (Lipinski definition) is 1. The summed E-state index contributed by atoms with van der Waals surface area (Å²) in [5.74, 6) is -0.376. The van der Waals surface area contributed by atoms with E-state index in [2.05, 4.69) is 15.3 Å². The fourth-order valence-corrected chi connectivity index (χ4v) is 4.24. The highest BCUT2D eigenvalue weighted by Crippen LogP contribution is 2.20. The van der Waals surface area contributed by atoms with Gasteiger partial charge in [-0.05, 0) is 71.4 Å². The van der Waals surface area contributed by atoms with Crippen molar-refractivity contribution in [1.82, 2.24) is 25.1 Å². The topological polar surface area (TPSA) is 140 Å². The lowest BCUT2D eigenvalue weighted by atomic mass is 10.1. The molecule has 12 heteroatoms. The first-order valence-corrected chi connectivity index (χ1v) is 13.6. The molecule has 0 bridgehead atoms. The molecule has 0 aliphatic carbocycles. The molecule has 12 nitrogen and oxygen atoms in total. The van der Waals surface area contributed by atoms with Crippen LogP contribution in [0, 0.1) is 6.92 Å². The van der Waals surface area contributed by atoms with Crippen molar-refractivity contribution in [3.8, 4) is 17.1 Å². The highest BCUT2D eigenvalue weighted by atomic mass is 16.6. The van der Waals surface area contributed by atoms with Gasteiger partial charge in [-0.3, -0.25) is 14.4 Å². The Balaban J connectivity index is 1.77. The highest BCUT2D eigenvalue weighted by molar-refractivity contribution is 5.96. The summed E-state index contributed by atoms with van der Waals surface area (Å²) in [6.45, 7) is 10.2. The van der Waals surface area contributed by atoms with Crippen LogP contribution in [0.4, 0.5) is 4.79 Å². The molecule has 1 N–H and O–H groups in total. The lowest BCUT2D eigenvalue weighted by Gasteiger charge is -2.36. The third kappa shape index (κ3) is 9.16. The van der Waals surface area contributed by atoms with Crippen LogP contribution in [0.3, 0.4) is 0 Å². The van der Waals surface area contributed by atoms with Crippen molar-refractivity contribution in [1.29, 1.82) is 0 Å². The monoisotopic (exact) mass is 569 g/mol. The van der Waals surface area contributed by atoms with Gasteiger partial charge in [-0.15, -0.1) is 0 Å². The minimum Gasteiger partial charge on any atom is -0.497 e. The zero-order valence-corrected chi connectivity index (χ0v) is 24.6. The lowest BCUT2D eigenvalue weighted by molar-refractivity contribution is -0.155. The van der Waals surface area contributed by atoms with Gasteiger partial charge in [0, 0.05) is 43.9 Å². The van der Waals surface area contributed by atoms with Crippen molar-refractivity contribution in [2.24, 2.45) is 0 Å². The summed E-state index contributed by atoms with van der Waals surface area (Å²) >= 11 is 0. The van der Waals surface area contributed by atoms with Crippen molar-refractivity contribution in [3.63, 3.8) is 0 Å². The van der Waals surface area contributed by atoms with Crippen LogP contribution < -0.4 is 10.1 Å². The van der Waals surface area contributed by atoms with E-state index in [1.807, 2.05) is 0 Å². The van der Waals surface area contributed by atoms with Crippen molar-refractivity contribution in [2.75, 3.05) is 39.9 Å². The highest BCUT2D eigenvalue weighted by Gasteiger charge is 2.32. The number of amides is 3. The second kappa shape index (κ2) is 13.9. The Morgan fingerprint density at radius 3 is 2.22 bits per heavy atom. The zero-order valence-electron chi connectivity index (χ0n) is 24.6. The zero-order chi connectivity index (χ0) is 30.2. The number of ether oxygens (including phenoxy) is 3. The van der Waals surface area contributed by atoms with Crippen LogP contribution >= 0.6 is 0 Å². The van der Waals surface area contributed by atoms with E-state index in [1.165, 1.54) is 11.0 Å². The van der Waals surface area contributed by atoms with E-state index >= 15 is 0 Å². The van der Waals surface area contributed by atoms with Crippen LogP contribution in [0.15, 0.2) is 30.3 Å². The number of aromatic nitrogens is 2. The number of carbonyl (C=O) groups excluding carboxylic acids is 4. The van der Waals surface area contributed by atoms with Gasteiger partial charge in [-0.25, -0.2) is 14.8 Å². The van der Waals surface area contributed by atoms with Crippen molar-refractivity contribution < 1.29 is 33.4 Å². The summed E-state index contributed by atoms with van der Waals surface area (Å²) in [5, 5.41) is 2.77. The molecule has 0 saturated carbocycles. The number of piperazine rings is 1. The van der Waals surface area contributed by atoms with E-state index in [0.717, 1.165) is 0 Å². The predicted octanol–water partition coefficient (Wildman–Crippen LogP) is 2.98. The number of nitrogens with zero attached hydrogens (tertiary/aromatic N) is 4. The molecule has 1 fully saturated rings. The number of benzene rings is 1. The van der Waals surface area contributed by atoms with Crippen LogP contribution in [-0.2, 0) is 19.1 Å². The van der Waals surface area contributed by atoms with Gasteiger partial charge in [0.2, 0.25) is 5.91 Å². The van der Waals surface area contributed by atoms with Gasteiger partial charge in [-0.2, -0.15) is 0 Å². The van der Waals surface area contributed by atoms with Crippen LogP contribution in [0.25, 0.3) is 11.4 Å². The van der Waals surface area contributed by atoms with E-state index in [-0.39, 0.29) is 44.1 Å². The van der Waals surface area contributed by atoms with Crippen LogP contribution in [0.2, 0.25) is 0 Å². The average Bonchev–Trinajstić information content (AvgIpc) is 2.93. The molecule has 1 aromatic carbocycles. The SMILES string of the molecule is CCOC(=O)N1CCN(C(=O)[C@H](CCC(=O)OC(C)(C)C)NC(=O)c2cc(C)nc(-c3ccc(OC)cc3)n2)CC1. The molecule has 1 aliphatic rings. The second-order valence-corrected chi connectivity index (χ2v) is 10.6. The normalized spacial score (nSPS) is 14.2. The maximum atomic E-state index is 13.6. The van der Waals surface area contributed by atoms with Gasteiger partial charge in [0.25, 0.3) is 5.91 Å². The maximum absolute atomic E-state index is 13.6. The van der Waals surface area contributed by atoms with Crippen LogP contribution in [0.1, 0.15) is 56.7 Å². The minimum absolute atomic E-state index is 0.0347. The van der Waals surface area contributed by atoms with Crippen LogP contribution in [0.5, 0.6) is 5.75 Å². The van der Waals surface area contributed by atoms with Crippen molar-refractivity contribution in [3.05, 3.63) is 41.7 Å². The molecule has 222 valence electrons. The van der Waals surface area contributed by atoms with Gasteiger partial charge >= 0.3 is 12.1 Å². The summed E-state index contributed by atoms with van der Waals surface area (Å²) < 4.78 is 15.7. The maximum Gasteiger partial charge on any atom is 0.409 e. The molecule has 0 spiro atoms. The second-order valence-electron chi connectivity index (χ2n) is 10.6. The molecule has 2 aromatic rings. The first-order valence-electron chi connectivity index (χ1n) is 13.6. The Hall–Kier alpha value is -4.22. The summed E-state index contributed by atoms with van der Waals surface area (Å²) in [4.78, 5) is 63.4. The van der Waals surface area contributed by atoms with E-state index in [9.17, 15) is 19.2 Å². The Morgan fingerprint density at radius 2 is 1.63 bits per heavy atom. The molecule has 1 saturated heterocycles. The Bertz CT molecular complexity index is 1240. The number of nitrogens with one attached hydrogen (secondary N) is 1. The molecule has 0 radical (unpaired) electrons. The number of hydrogen-bond acceptors (Lipinski definition) is 9. The Morgan fingerprint density at radius 1 is 1.00 bits per heavy atom. The van der Waals surface area contributed by atoms with Crippen molar-refractivity contribution in [2.45, 2.75) is 59.1 Å². The molecule has 0 unspecified atom stereocenters. The summed E-state index contributed by atoms with van der Waals surface area (Å²) in [5.41, 5.74) is 0.674. The number of methoxy groups -OCH3 is 1. The summed E-state index contributed by atoms with van der Waals surface area (Å²) in [7, 11) is 1.57. The Kier molecular flexibility index (Phi) is 10.6. The van der Waals surface area contributed by atoms with Gasteiger partial charge < -0.3 is 29.3 Å². The first kappa shape index (κ1) is 31.3. The largest absolute Gasteiger partial charge is 0.497 e. The quantitative estimate of drug-likeness (QED) is 0.451. The molecule has 3 rings (SSSR count). The number of aryl methyl sites for hydroxylation is 1. The molecule has 1 atom stereocenters. The van der Waals surface area contributed by atoms with Gasteiger partial charge in [0.05, 0.1) is 13.7 Å². The van der Waals surface area contributed by atoms with Crippen LogP contribution in [-0.4, -0.2) is 95.2 Å². The molecule has 1 aliphatic heterocycles. The minimum atomic E-state index is -1.01. The lowest BCUT2D eigenvalue weighted by Crippen LogP contribution is -2.56. The molecular formula is C29H39N5O7. The standard InChI is InChI=1S/C29H39N5O7/c1-7-40-28(38)34-16-14-33(15-17-34)27(37)22(12-13-24(35)41-29(3,4)5)32-26(36)23-18-19(2)30-25(31-23)20-8-10-21(39-6)11-9-20/h8-11,18,22H,7,12-17H2,1-6H3,(H,32,36)/t22-/m0/s1. The van der Waals surface area contributed by atoms with Gasteiger partial charge in [0.1, 0.15) is 23.1 Å². The molecular weight excluding hydrogens is 530 g/mol. The molecule has 41 heavy (non-hydrogen) atoms. The van der Waals surface area contributed by atoms with E-state index in [1.54, 1.807) is 70.9 Å². The first-order chi connectivity index (χ1) is 19.4. The van der Waals surface area contributed by atoms with E-state index < -0.39 is 29.6 Å². The van der Waals surface area contributed by atoms with E-state index in [4.69, 9.17) is 14.2 Å². The molecule has 2 heterocycles. The third-order valence-corrected chi connectivity index (χ3v) is 6.21. The van der Waals surface area contributed by atoms with Gasteiger partial charge in [0.15, 0.2) is 5.82 Å². The molecule has 3 amide bonds. The predicted molar refractivity (Wildman–Crippen MR) is 150 cm³/mol. The molecule has 1 aromatic heterocycles. The summed E-state index contributed by atoms with van der Waals surface area (Å²) in [6, 6.07) is 7.65. The number of rotatable bonds is 9. The fourth-order valence-electron chi connectivity index (χ4n) is 4.24. The van der Waals surface area contributed by atoms with E-state index in [0.29, 0.717) is 35.9 Å². The average molecular weight is 570 g/mol. The third-order valence-electron chi connectivity index (χ3n) is 6.21. The smallest absolute Gasteiger partial charge is 0.409 e. The van der Waals surface area contributed by atoms with Crippen molar-refractivity contribution >= 4 is 23.9 Å². The fraction of sp³-hybridized carbons (Fsp3) is 0.517. The number of carbonyl (C=O) groups is 4.